The van der Waals surface area contributed by atoms with Gasteiger partial charge in [0.05, 0.1) is 12.3 Å². The van der Waals surface area contributed by atoms with Gasteiger partial charge in [0.1, 0.15) is 11.6 Å². The maximum Gasteiger partial charge on any atom is 0.149 e. The monoisotopic (exact) mass is 313 g/mol. The third-order valence-corrected chi connectivity index (χ3v) is 4.10. The summed E-state index contributed by atoms with van der Waals surface area (Å²) in [5.74, 6) is -1.01. The Bertz CT molecular complexity index is 465. The fourth-order valence-electron chi connectivity index (χ4n) is 2.62. The molecule has 0 aliphatic carbocycles. The highest BCUT2D eigenvalue weighted by molar-refractivity contribution is 5.48. The van der Waals surface area contributed by atoms with Crippen LogP contribution in [0.3, 0.4) is 0 Å². The molecule has 22 heavy (non-hydrogen) atoms. The summed E-state index contributed by atoms with van der Waals surface area (Å²) >= 11 is 0. The molecule has 1 aromatic rings. The van der Waals surface area contributed by atoms with Gasteiger partial charge in [-0.2, -0.15) is 0 Å². The molecule has 0 spiro atoms. The van der Waals surface area contributed by atoms with E-state index in [2.05, 4.69) is 16.8 Å². The highest BCUT2D eigenvalue weighted by Gasteiger charge is 2.19. The lowest BCUT2D eigenvalue weighted by molar-refractivity contribution is 0.149. The van der Waals surface area contributed by atoms with E-state index < -0.39 is 11.6 Å². The molecule has 0 bridgehead atoms. The van der Waals surface area contributed by atoms with Crippen molar-refractivity contribution in [2.45, 2.75) is 0 Å². The number of methoxy groups -OCH3 is 1. The fraction of sp³-hybridized carbons (Fsp3) is 0.625. The molecule has 124 valence electrons. The quantitative estimate of drug-likeness (QED) is 0.762. The molecule has 6 heteroatoms. The van der Waals surface area contributed by atoms with Crippen LogP contribution in [-0.2, 0) is 4.74 Å². The number of benzene rings is 1. The first-order valence-electron chi connectivity index (χ1n) is 7.70. The van der Waals surface area contributed by atoms with Gasteiger partial charge in [0.15, 0.2) is 0 Å². The van der Waals surface area contributed by atoms with Gasteiger partial charge in [-0.1, -0.05) is 0 Å². The average molecular weight is 313 g/mol. The van der Waals surface area contributed by atoms with Crippen LogP contribution in [0.15, 0.2) is 18.2 Å². The second-order valence-electron chi connectivity index (χ2n) is 5.72. The molecule has 0 saturated carbocycles. The summed E-state index contributed by atoms with van der Waals surface area (Å²) in [6.07, 6.45) is 0. The lowest BCUT2D eigenvalue weighted by atomic mass is 10.2. The number of hydrogen-bond donors (Lipinski definition) is 0. The summed E-state index contributed by atoms with van der Waals surface area (Å²) < 4.78 is 31.8. The van der Waals surface area contributed by atoms with Crippen molar-refractivity contribution in [3.63, 3.8) is 0 Å². The maximum atomic E-state index is 13.8. The molecule has 1 aliphatic rings. The van der Waals surface area contributed by atoms with Crippen molar-refractivity contribution in [1.29, 1.82) is 0 Å². The third kappa shape index (κ3) is 4.90. The molecule has 1 aromatic carbocycles. The number of ether oxygens (including phenoxy) is 1. The van der Waals surface area contributed by atoms with Crippen molar-refractivity contribution in [3.8, 4) is 0 Å². The first kappa shape index (κ1) is 17.1. The van der Waals surface area contributed by atoms with Crippen LogP contribution in [0.5, 0.6) is 0 Å². The molecular formula is C16H25F2N3O. The van der Waals surface area contributed by atoms with Gasteiger partial charge < -0.3 is 14.5 Å². The van der Waals surface area contributed by atoms with Gasteiger partial charge in [0, 0.05) is 59.0 Å². The number of likely N-dealkylation sites (N-methyl/N-ethyl adjacent to an activating group) is 1. The number of rotatable bonds is 7. The lowest BCUT2D eigenvalue weighted by Crippen LogP contribution is -2.48. The summed E-state index contributed by atoms with van der Waals surface area (Å²) in [5, 5.41) is 0. The van der Waals surface area contributed by atoms with Crippen molar-refractivity contribution in [1.82, 2.24) is 9.80 Å². The van der Waals surface area contributed by atoms with Crippen LogP contribution in [0.4, 0.5) is 14.5 Å². The van der Waals surface area contributed by atoms with Crippen molar-refractivity contribution in [2.24, 2.45) is 0 Å². The van der Waals surface area contributed by atoms with E-state index in [0.717, 1.165) is 58.5 Å². The first-order valence-corrected chi connectivity index (χ1v) is 7.70. The molecule has 2 rings (SSSR count). The topological polar surface area (TPSA) is 19.0 Å². The number of anilines is 1. The summed E-state index contributed by atoms with van der Waals surface area (Å²) in [5.41, 5.74) is 0.498. The summed E-state index contributed by atoms with van der Waals surface area (Å²) in [6, 6.07) is 3.79. The van der Waals surface area contributed by atoms with Crippen LogP contribution in [0.25, 0.3) is 0 Å². The zero-order chi connectivity index (χ0) is 15.9. The predicted molar refractivity (Wildman–Crippen MR) is 84.4 cm³/mol. The van der Waals surface area contributed by atoms with E-state index in [4.69, 9.17) is 4.74 Å². The standard InChI is InChI=1S/C16H25F2N3O/c1-19(11-12-22-2)5-6-20-7-9-21(10-8-20)16-4-3-14(17)13-15(16)18/h3-4,13H,5-12H2,1-2H3. The SMILES string of the molecule is COCCN(C)CCN1CCN(c2ccc(F)cc2F)CC1. The van der Waals surface area contributed by atoms with E-state index in [0.29, 0.717) is 5.69 Å². The Labute approximate surface area is 131 Å². The Morgan fingerprint density at radius 1 is 1.14 bits per heavy atom. The van der Waals surface area contributed by atoms with Crippen LogP contribution < -0.4 is 4.90 Å². The first-order chi connectivity index (χ1) is 10.6. The molecule has 0 N–H and O–H groups in total. The number of hydrogen-bond acceptors (Lipinski definition) is 4. The smallest absolute Gasteiger partial charge is 0.149 e. The minimum atomic E-state index is -0.529. The summed E-state index contributed by atoms with van der Waals surface area (Å²) in [4.78, 5) is 6.61. The summed E-state index contributed by atoms with van der Waals surface area (Å²) in [6.45, 7) is 7.00. The van der Waals surface area contributed by atoms with E-state index >= 15 is 0 Å². The Morgan fingerprint density at radius 2 is 1.86 bits per heavy atom. The van der Waals surface area contributed by atoms with Crippen molar-refractivity contribution < 1.29 is 13.5 Å². The Kier molecular flexibility index (Phi) is 6.54. The van der Waals surface area contributed by atoms with Crippen LogP contribution in [-0.4, -0.2) is 76.4 Å². The Balaban J connectivity index is 1.76. The molecule has 0 aromatic heterocycles. The zero-order valence-corrected chi connectivity index (χ0v) is 13.4. The predicted octanol–water partition coefficient (Wildman–Crippen LogP) is 1.67. The average Bonchev–Trinajstić information content (AvgIpc) is 2.51. The molecule has 1 aliphatic heterocycles. The van der Waals surface area contributed by atoms with Crippen LogP contribution in [0.2, 0.25) is 0 Å². The van der Waals surface area contributed by atoms with E-state index in [1.807, 2.05) is 4.90 Å². The van der Waals surface area contributed by atoms with Crippen molar-refractivity contribution in [2.75, 3.05) is 71.5 Å². The molecular weight excluding hydrogens is 288 g/mol. The van der Waals surface area contributed by atoms with Gasteiger partial charge in [0.25, 0.3) is 0 Å². The fourth-order valence-corrected chi connectivity index (χ4v) is 2.62. The largest absolute Gasteiger partial charge is 0.383 e. The molecule has 0 radical (unpaired) electrons. The number of nitrogens with zero attached hydrogens (tertiary/aromatic N) is 3. The lowest BCUT2D eigenvalue weighted by Gasteiger charge is -2.36. The molecule has 1 saturated heterocycles. The highest BCUT2D eigenvalue weighted by Crippen LogP contribution is 2.21. The van der Waals surface area contributed by atoms with Crippen molar-refractivity contribution >= 4 is 5.69 Å². The molecule has 4 nitrogen and oxygen atoms in total. The third-order valence-electron chi connectivity index (χ3n) is 4.10. The molecule has 0 atom stereocenters. The maximum absolute atomic E-state index is 13.8. The van der Waals surface area contributed by atoms with Crippen molar-refractivity contribution in [3.05, 3.63) is 29.8 Å². The van der Waals surface area contributed by atoms with Gasteiger partial charge in [0.2, 0.25) is 0 Å². The Morgan fingerprint density at radius 3 is 2.50 bits per heavy atom. The second kappa shape index (κ2) is 8.41. The van der Waals surface area contributed by atoms with Crippen LogP contribution in [0.1, 0.15) is 0 Å². The molecule has 1 heterocycles. The van der Waals surface area contributed by atoms with Gasteiger partial charge in [-0.3, -0.25) is 4.90 Å². The second-order valence-corrected chi connectivity index (χ2v) is 5.72. The van der Waals surface area contributed by atoms with Crippen LogP contribution in [0, 0.1) is 11.6 Å². The molecule has 0 unspecified atom stereocenters. The Hall–Kier alpha value is -1.24. The zero-order valence-electron chi connectivity index (χ0n) is 13.4. The molecule has 1 fully saturated rings. The van der Waals surface area contributed by atoms with E-state index in [9.17, 15) is 8.78 Å². The van der Waals surface area contributed by atoms with Gasteiger partial charge in [-0.05, 0) is 19.2 Å². The minimum absolute atomic E-state index is 0.479. The highest BCUT2D eigenvalue weighted by atomic mass is 19.1. The number of halogens is 2. The van der Waals surface area contributed by atoms with Gasteiger partial charge in [-0.15, -0.1) is 0 Å². The minimum Gasteiger partial charge on any atom is -0.383 e. The number of piperazine rings is 1. The van der Waals surface area contributed by atoms with Gasteiger partial charge >= 0.3 is 0 Å². The van der Waals surface area contributed by atoms with E-state index in [1.165, 1.54) is 12.1 Å². The van der Waals surface area contributed by atoms with E-state index in [-0.39, 0.29) is 0 Å². The van der Waals surface area contributed by atoms with Crippen LogP contribution >= 0.6 is 0 Å². The normalized spacial score (nSPS) is 16.5. The molecule has 0 amide bonds. The van der Waals surface area contributed by atoms with E-state index in [1.54, 1.807) is 7.11 Å². The van der Waals surface area contributed by atoms with Gasteiger partial charge in [-0.25, -0.2) is 8.78 Å². The summed E-state index contributed by atoms with van der Waals surface area (Å²) in [7, 11) is 3.80.